The average Bonchev–Trinajstić information content (AvgIpc) is 2.43. The van der Waals surface area contributed by atoms with Gasteiger partial charge in [-0.15, -0.1) is 0 Å². The normalized spacial score (nSPS) is 20.9. The fraction of sp³-hybridized carbons (Fsp3) is 0.500. The van der Waals surface area contributed by atoms with Crippen molar-refractivity contribution in [1.29, 1.82) is 0 Å². The summed E-state index contributed by atoms with van der Waals surface area (Å²) in [6, 6.07) is 8.37. The highest BCUT2D eigenvalue weighted by molar-refractivity contribution is 5.73. The number of benzene rings is 1. The first-order valence-electron chi connectivity index (χ1n) is 7.15. The molecular weight excluding hydrogens is 252 g/mol. The number of hydrogen-bond donors (Lipinski definition) is 2. The second-order valence-corrected chi connectivity index (χ2v) is 5.47. The van der Waals surface area contributed by atoms with Crippen LogP contribution in [0.25, 0.3) is 0 Å². The van der Waals surface area contributed by atoms with Gasteiger partial charge in [-0.25, -0.2) is 0 Å². The minimum atomic E-state index is 0.0165. The summed E-state index contributed by atoms with van der Waals surface area (Å²) in [6.45, 7) is 4.49. The largest absolute Gasteiger partial charge is 0.356 e. The Bertz CT molecular complexity index is 454. The Morgan fingerprint density at radius 3 is 1.70 bits per heavy atom. The zero-order valence-corrected chi connectivity index (χ0v) is 12.1. The topological polar surface area (TPSA) is 58.2 Å². The highest BCUT2D eigenvalue weighted by Gasteiger charge is 2.26. The predicted molar refractivity (Wildman–Crippen MR) is 78.5 cm³/mol. The smallest absolute Gasteiger partial charge is 0.216 e. The van der Waals surface area contributed by atoms with E-state index in [9.17, 15) is 9.59 Å². The van der Waals surface area contributed by atoms with Crippen molar-refractivity contribution < 1.29 is 9.59 Å². The van der Waals surface area contributed by atoms with Gasteiger partial charge in [0.15, 0.2) is 0 Å². The number of rotatable bonds is 4. The number of carbonyl (C=O) groups excluding carboxylic acids is 2. The molecule has 0 saturated heterocycles. The van der Waals surface area contributed by atoms with Gasteiger partial charge < -0.3 is 10.6 Å². The third-order valence-electron chi connectivity index (χ3n) is 3.93. The van der Waals surface area contributed by atoms with Crippen LogP contribution in [0.3, 0.4) is 0 Å². The molecular formula is C16H22N2O2. The molecule has 0 heterocycles. The van der Waals surface area contributed by atoms with Crippen LogP contribution in [-0.4, -0.2) is 24.9 Å². The van der Waals surface area contributed by atoms with E-state index in [0.29, 0.717) is 24.9 Å². The second-order valence-electron chi connectivity index (χ2n) is 5.47. The molecule has 0 saturated carbocycles. The Hall–Kier alpha value is -1.84. The molecule has 2 N–H and O–H groups in total. The van der Waals surface area contributed by atoms with E-state index >= 15 is 0 Å². The van der Waals surface area contributed by atoms with Crippen LogP contribution >= 0.6 is 0 Å². The Labute approximate surface area is 119 Å². The van der Waals surface area contributed by atoms with Crippen LogP contribution in [0.4, 0.5) is 0 Å². The molecule has 4 heteroatoms. The van der Waals surface area contributed by atoms with Crippen molar-refractivity contribution in [2.75, 3.05) is 13.1 Å². The maximum Gasteiger partial charge on any atom is 0.216 e. The minimum Gasteiger partial charge on any atom is -0.356 e. The van der Waals surface area contributed by atoms with Crippen molar-refractivity contribution >= 4 is 11.8 Å². The van der Waals surface area contributed by atoms with Gasteiger partial charge in [0.2, 0.25) is 11.8 Å². The van der Waals surface area contributed by atoms with Crippen molar-refractivity contribution in [3.8, 4) is 0 Å². The number of fused-ring (bicyclic) bond motifs is 1. The number of carbonyl (C=O) groups is 2. The van der Waals surface area contributed by atoms with E-state index in [-0.39, 0.29) is 11.8 Å². The zero-order valence-electron chi connectivity index (χ0n) is 12.1. The summed E-state index contributed by atoms with van der Waals surface area (Å²) in [7, 11) is 0. The third-order valence-corrected chi connectivity index (χ3v) is 3.93. The van der Waals surface area contributed by atoms with Crippen LogP contribution in [0.5, 0.6) is 0 Å². The number of nitrogens with one attached hydrogen (secondary N) is 2. The quantitative estimate of drug-likeness (QED) is 0.881. The van der Waals surface area contributed by atoms with E-state index < -0.39 is 0 Å². The standard InChI is InChI=1S/C16H22N2O2/c1-11(19)17-9-13-7-8-14(10-18-12(2)20)16-6-4-3-5-15(13)16/h3-6,13-14H,7-10H2,1-2H3,(H,17,19)(H,18,20)/t13-,14-/m0/s1. The molecule has 1 aliphatic rings. The molecule has 0 bridgehead atoms. The maximum atomic E-state index is 11.1. The van der Waals surface area contributed by atoms with Crippen molar-refractivity contribution in [3.05, 3.63) is 35.4 Å². The summed E-state index contributed by atoms with van der Waals surface area (Å²) in [5.41, 5.74) is 2.62. The highest BCUT2D eigenvalue weighted by Crippen LogP contribution is 2.38. The molecule has 1 aromatic rings. The zero-order chi connectivity index (χ0) is 14.5. The SMILES string of the molecule is CC(=O)NC[C@@H]1CC[C@@H](CNC(C)=O)c2ccccc21. The molecule has 0 aromatic heterocycles. The summed E-state index contributed by atoms with van der Waals surface area (Å²) < 4.78 is 0. The molecule has 1 aromatic carbocycles. The lowest BCUT2D eigenvalue weighted by molar-refractivity contribution is -0.120. The Morgan fingerprint density at radius 2 is 1.35 bits per heavy atom. The van der Waals surface area contributed by atoms with Gasteiger partial charge in [0.1, 0.15) is 0 Å². The van der Waals surface area contributed by atoms with Gasteiger partial charge in [-0.05, 0) is 24.0 Å². The highest BCUT2D eigenvalue weighted by atomic mass is 16.2. The Morgan fingerprint density at radius 1 is 0.950 bits per heavy atom. The molecule has 2 atom stereocenters. The van der Waals surface area contributed by atoms with Gasteiger partial charge >= 0.3 is 0 Å². The van der Waals surface area contributed by atoms with E-state index in [2.05, 4.69) is 22.8 Å². The monoisotopic (exact) mass is 274 g/mol. The molecule has 2 amide bonds. The molecule has 0 fully saturated rings. The summed E-state index contributed by atoms with van der Waals surface area (Å²) in [6.07, 6.45) is 2.09. The van der Waals surface area contributed by atoms with Crippen LogP contribution in [0.15, 0.2) is 24.3 Å². The molecule has 0 radical (unpaired) electrons. The first-order valence-corrected chi connectivity index (χ1v) is 7.15. The molecule has 0 unspecified atom stereocenters. The average molecular weight is 274 g/mol. The predicted octanol–water partition coefficient (Wildman–Crippen LogP) is 1.92. The lowest BCUT2D eigenvalue weighted by Gasteiger charge is -2.31. The molecule has 2 rings (SSSR count). The van der Waals surface area contributed by atoms with Crippen molar-refractivity contribution in [1.82, 2.24) is 10.6 Å². The van der Waals surface area contributed by atoms with E-state index in [1.807, 2.05) is 12.1 Å². The van der Waals surface area contributed by atoms with Gasteiger partial charge in [0, 0.05) is 38.8 Å². The Kier molecular flexibility index (Phi) is 4.77. The summed E-state index contributed by atoms with van der Waals surface area (Å²) in [5, 5.41) is 5.83. The van der Waals surface area contributed by atoms with E-state index in [1.165, 1.54) is 11.1 Å². The molecule has 0 spiro atoms. The van der Waals surface area contributed by atoms with Gasteiger partial charge in [-0.2, -0.15) is 0 Å². The van der Waals surface area contributed by atoms with E-state index in [1.54, 1.807) is 13.8 Å². The van der Waals surface area contributed by atoms with E-state index in [0.717, 1.165) is 12.8 Å². The summed E-state index contributed by atoms with van der Waals surface area (Å²) in [5.74, 6) is 0.790. The molecule has 0 aliphatic heterocycles. The van der Waals surface area contributed by atoms with Crippen molar-refractivity contribution in [2.45, 2.75) is 38.5 Å². The number of amides is 2. The first-order chi connectivity index (χ1) is 9.58. The van der Waals surface area contributed by atoms with Crippen molar-refractivity contribution in [3.63, 3.8) is 0 Å². The molecule has 20 heavy (non-hydrogen) atoms. The van der Waals surface area contributed by atoms with Crippen LogP contribution in [0.2, 0.25) is 0 Å². The fourth-order valence-corrected chi connectivity index (χ4v) is 2.93. The molecule has 108 valence electrons. The minimum absolute atomic E-state index is 0.0165. The van der Waals surface area contributed by atoms with Crippen molar-refractivity contribution in [2.24, 2.45) is 0 Å². The lowest BCUT2D eigenvalue weighted by Crippen LogP contribution is -2.32. The number of hydrogen-bond acceptors (Lipinski definition) is 2. The van der Waals surface area contributed by atoms with Gasteiger partial charge in [0.05, 0.1) is 0 Å². The van der Waals surface area contributed by atoms with Crippen LogP contribution < -0.4 is 10.6 Å². The van der Waals surface area contributed by atoms with Crippen LogP contribution in [0, 0.1) is 0 Å². The second kappa shape index (κ2) is 6.55. The third kappa shape index (κ3) is 3.59. The maximum absolute atomic E-state index is 11.1. The van der Waals surface area contributed by atoms with Crippen LogP contribution in [-0.2, 0) is 9.59 Å². The molecule has 1 aliphatic carbocycles. The Balaban J connectivity index is 2.12. The molecule has 4 nitrogen and oxygen atoms in total. The first kappa shape index (κ1) is 14.6. The van der Waals surface area contributed by atoms with Gasteiger partial charge in [-0.1, -0.05) is 24.3 Å². The lowest BCUT2D eigenvalue weighted by atomic mass is 9.76. The van der Waals surface area contributed by atoms with Gasteiger partial charge in [0.25, 0.3) is 0 Å². The van der Waals surface area contributed by atoms with E-state index in [4.69, 9.17) is 0 Å². The summed E-state index contributed by atoms with van der Waals surface area (Å²) in [4.78, 5) is 22.2. The fourth-order valence-electron chi connectivity index (χ4n) is 2.93. The van der Waals surface area contributed by atoms with Crippen LogP contribution in [0.1, 0.15) is 49.7 Å². The van der Waals surface area contributed by atoms with Gasteiger partial charge in [-0.3, -0.25) is 9.59 Å². The summed E-state index contributed by atoms with van der Waals surface area (Å²) >= 11 is 0.